The zero-order valence-corrected chi connectivity index (χ0v) is 10.6. The topological polar surface area (TPSA) is 58.0 Å². The van der Waals surface area contributed by atoms with Crippen molar-refractivity contribution in [1.29, 1.82) is 0 Å². The van der Waals surface area contributed by atoms with Gasteiger partial charge in [0, 0.05) is 16.2 Å². The first-order valence-electron chi connectivity index (χ1n) is 5.74. The van der Waals surface area contributed by atoms with E-state index in [9.17, 15) is 0 Å². The van der Waals surface area contributed by atoms with E-state index in [1.807, 2.05) is 48.5 Å². The number of benzene rings is 2. The molecule has 0 bridgehead atoms. The number of azide groups is 1. The van der Waals surface area contributed by atoms with Crippen molar-refractivity contribution in [3.63, 3.8) is 0 Å². The van der Waals surface area contributed by atoms with Crippen LogP contribution < -0.4 is 4.74 Å². The summed E-state index contributed by atoms with van der Waals surface area (Å²) < 4.78 is 5.33. The molecule has 19 heavy (non-hydrogen) atoms. The Morgan fingerprint density at radius 2 is 1.89 bits per heavy atom. The second-order valence-electron chi connectivity index (χ2n) is 3.88. The van der Waals surface area contributed by atoms with Crippen LogP contribution in [0.1, 0.15) is 5.56 Å². The fraction of sp³-hybridized carbons (Fsp3) is 0.0667. The SMILES string of the molecule is C=C(N=[N+]=[N-])c1c(OC)cccc1-c1ccccc1. The van der Waals surface area contributed by atoms with Gasteiger partial charge in [-0.05, 0) is 22.7 Å². The summed E-state index contributed by atoms with van der Waals surface area (Å²) in [6.07, 6.45) is 0. The van der Waals surface area contributed by atoms with Crippen LogP contribution in [0, 0.1) is 0 Å². The Hall–Kier alpha value is -2.71. The van der Waals surface area contributed by atoms with E-state index < -0.39 is 0 Å². The molecule has 0 heterocycles. The highest BCUT2D eigenvalue weighted by Crippen LogP contribution is 2.35. The predicted molar refractivity (Wildman–Crippen MR) is 76.6 cm³/mol. The fourth-order valence-electron chi connectivity index (χ4n) is 1.96. The first kappa shape index (κ1) is 12.7. The van der Waals surface area contributed by atoms with E-state index in [0.29, 0.717) is 17.0 Å². The lowest BCUT2D eigenvalue weighted by Gasteiger charge is -2.13. The minimum atomic E-state index is 0.346. The molecule has 2 aromatic rings. The third kappa shape index (κ3) is 2.59. The van der Waals surface area contributed by atoms with Gasteiger partial charge in [0.1, 0.15) is 5.75 Å². The number of rotatable bonds is 4. The second-order valence-corrected chi connectivity index (χ2v) is 3.88. The van der Waals surface area contributed by atoms with Crippen LogP contribution in [0.5, 0.6) is 5.75 Å². The van der Waals surface area contributed by atoms with Crippen LogP contribution in [-0.2, 0) is 0 Å². The Morgan fingerprint density at radius 1 is 1.16 bits per heavy atom. The largest absolute Gasteiger partial charge is 0.496 e. The molecule has 0 amide bonds. The quantitative estimate of drug-likeness (QED) is 0.443. The molecule has 4 heteroatoms. The number of hydrogen-bond acceptors (Lipinski definition) is 2. The summed E-state index contributed by atoms with van der Waals surface area (Å²) in [6.45, 7) is 3.81. The lowest BCUT2D eigenvalue weighted by molar-refractivity contribution is 0.413. The molecule has 94 valence electrons. The Morgan fingerprint density at radius 3 is 2.53 bits per heavy atom. The summed E-state index contributed by atoms with van der Waals surface area (Å²) in [4.78, 5) is 2.79. The fourth-order valence-corrected chi connectivity index (χ4v) is 1.96. The van der Waals surface area contributed by atoms with Gasteiger partial charge >= 0.3 is 0 Å². The minimum Gasteiger partial charge on any atom is -0.496 e. The summed E-state index contributed by atoms with van der Waals surface area (Å²) in [5.41, 5.74) is 11.6. The zero-order chi connectivity index (χ0) is 13.7. The lowest BCUT2D eigenvalue weighted by Crippen LogP contribution is -1.93. The third-order valence-corrected chi connectivity index (χ3v) is 2.78. The van der Waals surface area contributed by atoms with Crippen LogP contribution in [0.4, 0.5) is 0 Å². The summed E-state index contributed by atoms with van der Waals surface area (Å²) in [5.74, 6) is 0.638. The Balaban J connectivity index is 2.67. The van der Waals surface area contributed by atoms with Gasteiger partial charge < -0.3 is 4.74 Å². The van der Waals surface area contributed by atoms with Crippen molar-refractivity contribution in [3.05, 3.63) is 71.1 Å². The smallest absolute Gasteiger partial charge is 0.127 e. The van der Waals surface area contributed by atoms with Crippen LogP contribution in [0.3, 0.4) is 0 Å². The van der Waals surface area contributed by atoms with Crippen LogP contribution in [0.2, 0.25) is 0 Å². The molecule has 0 saturated heterocycles. The van der Waals surface area contributed by atoms with Gasteiger partial charge in [0.05, 0.1) is 7.11 Å². The monoisotopic (exact) mass is 251 g/mol. The van der Waals surface area contributed by atoms with Gasteiger partial charge in [-0.15, -0.1) is 0 Å². The van der Waals surface area contributed by atoms with E-state index in [-0.39, 0.29) is 0 Å². The maximum atomic E-state index is 8.58. The number of ether oxygens (including phenoxy) is 1. The molecule has 0 radical (unpaired) electrons. The van der Waals surface area contributed by atoms with E-state index in [2.05, 4.69) is 16.6 Å². The normalized spacial score (nSPS) is 9.53. The molecule has 0 saturated carbocycles. The molecule has 0 aromatic heterocycles. The van der Waals surface area contributed by atoms with Gasteiger partial charge in [0.25, 0.3) is 0 Å². The van der Waals surface area contributed by atoms with Gasteiger partial charge in [0.15, 0.2) is 0 Å². The highest BCUT2D eigenvalue weighted by Gasteiger charge is 2.12. The summed E-state index contributed by atoms with van der Waals surface area (Å²) in [7, 11) is 1.58. The molecule has 0 atom stereocenters. The summed E-state index contributed by atoms with van der Waals surface area (Å²) in [5, 5.41) is 3.60. The highest BCUT2D eigenvalue weighted by molar-refractivity contribution is 5.83. The molecule has 2 rings (SSSR count). The van der Waals surface area contributed by atoms with E-state index >= 15 is 0 Å². The maximum absolute atomic E-state index is 8.58. The Bertz CT molecular complexity index is 644. The van der Waals surface area contributed by atoms with E-state index in [1.165, 1.54) is 0 Å². The van der Waals surface area contributed by atoms with Crippen molar-refractivity contribution in [2.24, 2.45) is 5.11 Å². The molecule has 0 N–H and O–H groups in total. The summed E-state index contributed by atoms with van der Waals surface area (Å²) in [6, 6.07) is 15.5. The molecule has 0 spiro atoms. The van der Waals surface area contributed by atoms with Gasteiger partial charge in [-0.2, -0.15) is 0 Å². The van der Waals surface area contributed by atoms with Crippen molar-refractivity contribution < 1.29 is 4.74 Å². The first-order chi connectivity index (χ1) is 9.27. The third-order valence-electron chi connectivity index (χ3n) is 2.78. The molecule has 0 unspecified atom stereocenters. The van der Waals surface area contributed by atoms with Crippen molar-refractivity contribution in [2.45, 2.75) is 0 Å². The van der Waals surface area contributed by atoms with Crippen molar-refractivity contribution in [2.75, 3.05) is 7.11 Å². The van der Waals surface area contributed by atoms with Crippen LogP contribution >= 0.6 is 0 Å². The predicted octanol–water partition coefficient (Wildman–Crippen LogP) is 4.64. The van der Waals surface area contributed by atoms with Crippen LogP contribution in [-0.4, -0.2) is 7.11 Å². The Labute approximate surface area is 111 Å². The van der Waals surface area contributed by atoms with Crippen molar-refractivity contribution in [3.8, 4) is 16.9 Å². The molecular formula is C15H13N3O. The first-order valence-corrected chi connectivity index (χ1v) is 5.74. The molecule has 0 fully saturated rings. The van der Waals surface area contributed by atoms with E-state index in [1.54, 1.807) is 7.11 Å². The van der Waals surface area contributed by atoms with Gasteiger partial charge in [-0.25, -0.2) is 0 Å². The molecule has 0 aliphatic rings. The lowest BCUT2D eigenvalue weighted by atomic mass is 9.97. The molecular weight excluding hydrogens is 238 g/mol. The zero-order valence-electron chi connectivity index (χ0n) is 10.6. The van der Waals surface area contributed by atoms with Crippen LogP contribution in [0.25, 0.3) is 27.3 Å². The number of nitrogens with zero attached hydrogens (tertiary/aromatic N) is 3. The van der Waals surface area contributed by atoms with E-state index in [0.717, 1.165) is 11.1 Å². The van der Waals surface area contributed by atoms with Crippen molar-refractivity contribution in [1.82, 2.24) is 0 Å². The van der Waals surface area contributed by atoms with Gasteiger partial charge in [-0.1, -0.05) is 54.2 Å². The maximum Gasteiger partial charge on any atom is 0.127 e. The highest BCUT2D eigenvalue weighted by atomic mass is 16.5. The second kappa shape index (κ2) is 5.76. The average molecular weight is 251 g/mol. The molecule has 0 aliphatic heterocycles. The number of methoxy groups -OCH3 is 1. The van der Waals surface area contributed by atoms with Gasteiger partial charge in [-0.3, -0.25) is 0 Å². The molecule has 0 aliphatic carbocycles. The average Bonchev–Trinajstić information content (AvgIpc) is 2.47. The standard InChI is InChI=1S/C15H13N3O/c1-11(17-18-16)15-13(9-6-10-14(15)19-2)12-7-4-3-5-8-12/h3-10H,1H2,2H3. The van der Waals surface area contributed by atoms with E-state index in [4.69, 9.17) is 10.3 Å². The summed E-state index contributed by atoms with van der Waals surface area (Å²) >= 11 is 0. The van der Waals surface area contributed by atoms with Crippen molar-refractivity contribution >= 4 is 5.70 Å². The molecule has 2 aromatic carbocycles. The minimum absolute atomic E-state index is 0.346. The Kier molecular flexibility index (Phi) is 3.86. The van der Waals surface area contributed by atoms with Crippen LogP contribution in [0.15, 0.2) is 60.2 Å². The van der Waals surface area contributed by atoms with Gasteiger partial charge in [0.2, 0.25) is 0 Å². The number of hydrogen-bond donors (Lipinski definition) is 0. The molecule has 4 nitrogen and oxygen atoms in total.